The molecule has 2 N–H and O–H groups in total. The van der Waals surface area contributed by atoms with E-state index >= 15 is 0 Å². The van der Waals surface area contributed by atoms with Crippen molar-refractivity contribution in [3.05, 3.63) is 59.2 Å². The lowest BCUT2D eigenvalue weighted by Gasteiger charge is -2.14. The zero-order valence-corrected chi connectivity index (χ0v) is 13.6. The molecule has 0 aromatic heterocycles. The van der Waals surface area contributed by atoms with E-state index in [2.05, 4.69) is 0 Å². The molecule has 6 heteroatoms. The third-order valence-corrected chi connectivity index (χ3v) is 3.43. The first-order valence-electron chi connectivity index (χ1n) is 7.51. The number of nitrogens with two attached hydrogens (primary N) is 1. The van der Waals surface area contributed by atoms with Crippen molar-refractivity contribution in [1.82, 2.24) is 0 Å². The standard InChI is InChI=1S/C18H20F3NO2/c1-12(22)8-13-6-7-16(23-2)17(10-13)24-11-14-4-3-5-15(9-14)18(19,20)21/h3-7,9-10,12H,8,11,22H2,1-2H3. The van der Waals surface area contributed by atoms with E-state index < -0.39 is 11.7 Å². The highest BCUT2D eigenvalue weighted by Crippen LogP contribution is 2.31. The average Bonchev–Trinajstić information content (AvgIpc) is 2.52. The molecule has 0 spiro atoms. The molecule has 0 radical (unpaired) electrons. The minimum absolute atomic E-state index is 0.00490. The van der Waals surface area contributed by atoms with Crippen molar-refractivity contribution < 1.29 is 22.6 Å². The normalized spacial score (nSPS) is 12.8. The third-order valence-electron chi connectivity index (χ3n) is 3.43. The number of benzene rings is 2. The minimum Gasteiger partial charge on any atom is -0.493 e. The van der Waals surface area contributed by atoms with Crippen LogP contribution in [0.25, 0.3) is 0 Å². The molecule has 0 amide bonds. The smallest absolute Gasteiger partial charge is 0.416 e. The average molecular weight is 339 g/mol. The van der Waals surface area contributed by atoms with Gasteiger partial charge < -0.3 is 15.2 Å². The maximum Gasteiger partial charge on any atom is 0.416 e. The minimum atomic E-state index is -4.37. The summed E-state index contributed by atoms with van der Waals surface area (Å²) in [6, 6.07) is 10.5. The second-order valence-electron chi connectivity index (χ2n) is 5.65. The van der Waals surface area contributed by atoms with Gasteiger partial charge in [-0.05, 0) is 48.7 Å². The van der Waals surface area contributed by atoms with Gasteiger partial charge in [-0.2, -0.15) is 13.2 Å². The summed E-state index contributed by atoms with van der Waals surface area (Å²) < 4.78 is 49.2. The maximum absolute atomic E-state index is 12.8. The van der Waals surface area contributed by atoms with Crippen molar-refractivity contribution >= 4 is 0 Å². The Morgan fingerprint density at radius 2 is 1.79 bits per heavy atom. The van der Waals surface area contributed by atoms with E-state index in [-0.39, 0.29) is 12.6 Å². The molecule has 2 aromatic rings. The zero-order chi connectivity index (χ0) is 17.7. The summed E-state index contributed by atoms with van der Waals surface area (Å²) in [7, 11) is 1.51. The van der Waals surface area contributed by atoms with Gasteiger partial charge in [0.2, 0.25) is 0 Å². The van der Waals surface area contributed by atoms with Gasteiger partial charge in [-0.3, -0.25) is 0 Å². The summed E-state index contributed by atoms with van der Waals surface area (Å²) in [6.07, 6.45) is -3.70. The Kier molecular flexibility index (Phi) is 5.72. The summed E-state index contributed by atoms with van der Waals surface area (Å²) in [4.78, 5) is 0. The molecule has 0 bridgehead atoms. The van der Waals surface area contributed by atoms with Crippen LogP contribution < -0.4 is 15.2 Å². The van der Waals surface area contributed by atoms with Crippen LogP contribution in [0.1, 0.15) is 23.6 Å². The monoisotopic (exact) mass is 339 g/mol. The predicted octanol–water partition coefficient (Wildman–Crippen LogP) is 4.18. The van der Waals surface area contributed by atoms with Gasteiger partial charge in [0.1, 0.15) is 6.61 Å². The molecule has 24 heavy (non-hydrogen) atoms. The molecule has 0 aliphatic carbocycles. The number of alkyl halides is 3. The van der Waals surface area contributed by atoms with E-state index in [0.29, 0.717) is 23.5 Å². The maximum atomic E-state index is 12.8. The van der Waals surface area contributed by atoms with Crippen LogP contribution in [0.3, 0.4) is 0 Å². The van der Waals surface area contributed by atoms with Crippen molar-refractivity contribution in [2.24, 2.45) is 5.73 Å². The van der Waals surface area contributed by atoms with Crippen LogP contribution >= 0.6 is 0 Å². The lowest BCUT2D eigenvalue weighted by Crippen LogP contribution is -2.17. The van der Waals surface area contributed by atoms with Crippen molar-refractivity contribution in [2.75, 3.05) is 7.11 Å². The molecular weight excluding hydrogens is 319 g/mol. The number of ether oxygens (including phenoxy) is 2. The van der Waals surface area contributed by atoms with Crippen LogP contribution in [0.5, 0.6) is 11.5 Å². The molecule has 1 atom stereocenters. The Bertz CT molecular complexity index is 684. The third kappa shape index (κ3) is 4.89. The Morgan fingerprint density at radius 3 is 2.42 bits per heavy atom. The number of hydrogen-bond donors (Lipinski definition) is 1. The fraction of sp³-hybridized carbons (Fsp3) is 0.333. The molecule has 0 aliphatic heterocycles. The highest BCUT2D eigenvalue weighted by atomic mass is 19.4. The summed E-state index contributed by atoms with van der Waals surface area (Å²) in [5.41, 5.74) is 6.51. The van der Waals surface area contributed by atoms with Crippen LogP contribution in [0.2, 0.25) is 0 Å². The molecular formula is C18H20F3NO2. The van der Waals surface area contributed by atoms with Crippen LogP contribution in [0, 0.1) is 0 Å². The van der Waals surface area contributed by atoms with Crippen LogP contribution in [0.15, 0.2) is 42.5 Å². The lowest BCUT2D eigenvalue weighted by atomic mass is 10.1. The number of halogens is 3. The van der Waals surface area contributed by atoms with Crippen molar-refractivity contribution in [3.8, 4) is 11.5 Å². The van der Waals surface area contributed by atoms with Crippen LogP contribution in [-0.4, -0.2) is 13.2 Å². The second-order valence-corrected chi connectivity index (χ2v) is 5.65. The second kappa shape index (κ2) is 7.57. The largest absolute Gasteiger partial charge is 0.493 e. The zero-order valence-electron chi connectivity index (χ0n) is 13.6. The summed E-state index contributed by atoms with van der Waals surface area (Å²) in [5.74, 6) is 1.00. The number of rotatable bonds is 6. The van der Waals surface area contributed by atoms with E-state index in [1.54, 1.807) is 18.2 Å². The van der Waals surface area contributed by atoms with E-state index in [1.165, 1.54) is 13.2 Å². The van der Waals surface area contributed by atoms with Gasteiger partial charge in [0.25, 0.3) is 0 Å². The Labute approximate surface area is 139 Å². The Hall–Kier alpha value is -2.21. The molecule has 1 unspecified atom stereocenters. The highest BCUT2D eigenvalue weighted by Gasteiger charge is 2.30. The first-order chi connectivity index (χ1) is 11.3. The molecule has 0 heterocycles. The van der Waals surface area contributed by atoms with Crippen molar-refractivity contribution in [1.29, 1.82) is 0 Å². The molecule has 0 saturated heterocycles. The first-order valence-corrected chi connectivity index (χ1v) is 7.51. The van der Waals surface area contributed by atoms with E-state index in [9.17, 15) is 13.2 Å². The van der Waals surface area contributed by atoms with Gasteiger partial charge in [0.05, 0.1) is 12.7 Å². The Balaban J connectivity index is 2.16. The quantitative estimate of drug-likeness (QED) is 0.858. The van der Waals surface area contributed by atoms with Gasteiger partial charge in [-0.15, -0.1) is 0 Å². The van der Waals surface area contributed by atoms with Gasteiger partial charge in [-0.25, -0.2) is 0 Å². The van der Waals surface area contributed by atoms with Gasteiger partial charge >= 0.3 is 6.18 Å². The van der Waals surface area contributed by atoms with Gasteiger partial charge in [0, 0.05) is 6.04 Å². The molecule has 130 valence electrons. The van der Waals surface area contributed by atoms with Gasteiger partial charge in [0.15, 0.2) is 11.5 Å². The van der Waals surface area contributed by atoms with Crippen molar-refractivity contribution in [3.63, 3.8) is 0 Å². The molecule has 2 aromatic carbocycles. The molecule has 0 fully saturated rings. The number of methoxy groups -OCH3 is 1. The number of hydrogen-bond acceptors (Lipinski definition) is 3. The fourth-order valence-electron chi connectivity index (χ4n) is 2.33. The van der Waals surface area contributed by atoms with E-state index in [1.807, 2.05) is 13.0 Å². The molecule has 0 saturated carbocycles. The van der Waals surface area contributed by atoms with Crippen LogP contribution in [0.4, 0.5) is 13.2 Å². The highest BCUT2D eigenvalue weighted by molar-refractivity contribution is 5.43. The van der Waals surface area contributed by atoms with Gasteiger partial charge in [-0.1, -0.05) is 18.2 Å². The van der Waals surface area contributed by atoms with E-state index in [4.69, 9.17) is 15.2 Å². The van der Waals surface area contributed by atoms with E-state index in [0.717, 1.165) is 17.7 Å². The summed E-state index contributed by atoms with van der Waals surface area (Å²) in [5, 5.41) is 0. The first kappa shape index (κ1) is 18.1. The lowest BCUT2D eigenvalue weighted by molar-refractivity contribution is -0.137. The SMILES string of the molecule is COc1ccc(CC(C)N)cc1OCc1cccc(C(F)(F)F)c1. The topological polar surface area (TPSA) is 44.5 Å². The van der Waals surface area contributed by atoms with Crippen LogP contribution in [-0.2, 0) is 19.2 Å². The Morgan fingerprint density at radius 1 is 1.04 bits per heavy atom. The molecule has 3 nitrogen and oxygen atoms in total. The molecule has 2 rings (SSSR count). The molecule has 0 aliphatic rings. The van der Waals surface area contributed by atoms with Crippen molar-refractivity contribution in [2.45, 2.75) is 32.2 Å². The predicted molar refractivity (Wildman–Crippen MR) is 86.1 cm³/mol. The fourth-order valence-corrected chi connectivity index (χ4v) is 2.33. The summed E-state index contributed by atoms with van der Waals surface area (Å²) >= 11 is 0. The summed E-state index contributed by atoms with van der Waals surface area (Å²) in [6.45, 7) is 1.91.